The number of hydrogen-bond donors (Lipinski definition) is 1. The summed E-state index contributed by atoms with van der Waals surface area (Å²) in [4.78, 5) is 60.2. The Morgan fingerprint density at radius 1 is 1.05 bits per heavy atom. The highest BCUT2D eigenvalue weighted by Gasteiger charge is 2.69. The fourth-order valence-electron chi connectivity index (χ4n) is 8.15. The third-order valence-electron chi connectivity index (χ3n) is 9.83. The number of hydrogen-bond acceptors (Lipinski definition) is 8. The highest BCUT2D eigenvalue weighted by atomic mass is 79.9. The van der Waals surface area contributed by atoms with Gasteiger partial charge in [-0.25, -0.2) is 4.39 Å². The number of anilines is 1. The van der Waals surface area contributed by atoms with Gasteiger partial charge in [0.25, 0.3) is 5.91 Å². The van der Waals surface area contributed by atoms with E-state index >= 15 is 0 Å². The first-order valence-corrected chi connectivity index (χ1v) is 17.1. The molecule has 7 atom stereocenters. The van der Waals surface area contributed by atoms with E-state index in [9.17, 15) is 23.6 Å². The summed E-state index contributed by atoms with van der Waals surface area (Å²) in [7, 11) is 0. The van der Waals surface area contributed by atoms with E-state index in [1.807, 2.05) is 18.2 Å². The summed E-state index contributed by atoms with van der Waals surface area (Å²) in [5.74, 6) is -1.88. The third-order valence-corrected chi connectivity index (χ3v) is 12.9. The van der Waals surface area contributed by atoms with E-state index in [1.165, 1.54) is 40.5 Å². The monoisotopic (exact) mass is 699 g/mol. The number of nitrogens with one attached hydrogen (secondary N) is 1. The van der Waals surface area contributed by atoms with Crippen LogP contribution < -0.4 is 14.5 Å². The zero-order valence-electron chi connectivity index (χ0n) is 23.2. The zero-order valence-corrected chi connectivity index (χ0v) is 26.5. The average Bonchev–Trinajstić information content (AvgIpc) is 3.76. The molecule has 2 bridgehead atoms. The molecule has 44 heavy (non-hydrogen) atoms. The molecule has 2 aliphatic carbocycles. The van der Waals surface area contributed by atoms with Crippen molar-refractivity contribution in [2.24, 2.45) is 29.6 Å². The first-order chi connectivity index (χ1) is 21.3. The lowest BCUT2D eigenvalue weighted by Crippen LogP contribution is -2.43. The predicted octanol–water partition coefficient (Wildman–Crippen LogP) is 4.25. The second kappa shape index (κ2) is 10.8. The van der Waals surface area contributed by atoms with Crippen LogP contribution in [0.15, 0.2) is 56.8 Å². The van der Waals surface area contributed by atoms with Gasteiger partial charge in [0.15, 0.2) is 6.61 Å². The van der Waals surface area contributed by atoms with Crippen molar-refractivity contribution in [1.29, 1.82) is 0 Å². The van der Waals surface area contributed by atoms with Crippen molar-refractivity contribution in [3.63, 3.8) is 0 Å². The first-order valence-electron chi connectivity index (χ1n) is 14.6. The highest BCUT2D eigenvalue weighted by Crippen LogP contribution is 2.69. The minimum absolute atomic E-state index is 0.00395. The van der Waals surface area contributed by atoms with E-state index in [4.69, 9.17) is 9.47 Å². The second-order valence-corrected chi connectivity index (χ2v) is 15.0. The van der Waals surface area contributed by atoms with Gasteiger partial charge in [-0.3, -0.25) is 24.1 Å². The summed E-state index contributed by atoms with van der Waals surface area (Å²) >= 11 is 6.39. The number of imide groups is 1. The van der Waals surface area contributed by atoms with Crippen molar-refractivity contribution in [2.75, 3.05) is 37.8 Å². The molecule has 4 fully saturated rings. The number of amides is 3. The molecule has 4 unspecified atom stereocenters. The van der Waals surface area contributed by atoms with Crippen molar-refractivity contribution < 1.29 is 28.2 Å². The van der Waals surface area contributed by atoms with Gasteiger partial charge in [-0.15, -0.1) is 11.8 Å². The van der Waals surface area contributed by atoms with E-state index in [2.05, 4.69) is 20.9 Å². The number of H-pyrrole nitrogens is 1. The molecule has 2 saturated heterocycles. The number of thioether (sulfide) groups is 1. The van der Waals surface area contributed by atoms with Crippen LogP contribution in [0, 0.1) is 35.4 Å². The number of aromatic amines is 1. The number of carbonyl (C=O) groups excluding carboxylic acids is 3. The summed E-state index contributed by atoms with van der Waals surface area (Å²) < 4.78 is 26.1. The Morgan fingerprint density at radius 3 is 2.52 bits per heavy atom. The summed E-state index contributed by atoms with van der Waals surface area (Å²) in [5.41, 5.74) is 1.23. The number of morpholine rings is 1. The highest BCUT2D eigenvalue weighted by molar-refractivity contribution is 9.10. The SMILES string of the molecule is O=C(COc1ccc(Br)cc1[C@H]1c2sc(=O)[nH]c2SC2C1[C@H]1C[C@@H]2C2C(=O)N(c3ccc(F)cc3)C(=O)C21)N1CCOCC1. The third kappa shape index (κ3) is 4.41. The van der Waals surface area contributed by atoms with Gasteiger partial charge in [0.1, 0.15) is 11.6 Å². The predicted molar refractivity (Wildman–Crippen MR) is 164 cm³/mol. The number of rotatable bonds is 5. The lowest BCUT2D eigenvalue weighted by molar-refractivity contribution is -0.137. The van der Waals surface area contributed by atoms with Crippen LogP contribution in [-0.2, 0) is 19.1 Å². The van der Waals surface area contributed by atoms with Gasteiger partial charge in [-0.2, -0.15) is 0 Å². The molecule has 2 saturated carbocycles. The summed E-state index contributed by atoms with van der Waals surface area (Å²) in [6, 6.07) is 11.2. The minimum Gasteiger partial charge on any atom is -0.483 e. The van der Waals surface area contributed by atoms with Gasteiger partial charge < -0.3 is 19.4 Å². The molecule has 1 aromatic heterocycles. The Kier molecular flexibility index (Phi) is 7.00. The average molecular weight is 701 g/mol. The van der Waals surface area contributed by atoms with E-state index in [1.54, 1.807) is 16.7 Å². The van der Waals surface area contributed by atoms with Crippen LogP contribution in [0.3, 0.4) is 0 Å². The lowest BCUT2D eigenvalue weighted by atomic mass is 9.68. The molecule has 13 heteroatoms. The number of fused-ring (bicyclic) bond motifs is 9. The second-order valence-electron chi connectivity index (χ2n) is 11.9. The number of thiazole rings is 1. The van der Waals surface area contributed by atoms with Crippen molar-refractivity contribution >= 4 is 62.4 Å². The summed E-state index contributed by atoms with van der Waals surface area (Å²) in [5, 5.41) is 0.786. The Balaban J connectivity index is 1.16. The van der Waals surface area contributed by atoms with Gasteiger partial charge >= 0.3 is 4.87 Å². The van der Waals surface area contributed by atoms with Gasteiger partial charge in [0.05, 0.1) is 35.8 Å². The number of ether oxygens (including phenoxy) is 2. The van der Waals surface area contributed by atoms with Crippen molar-refractivity contribution in [3.8, 4) is 5.75 Å². The Hall–Kier alpha value is -3.00. The van der Waals surface area contributed by atoms with Crippen LogP contribution in [0.2, 0.25) is 0 Å². The van der Waals surface area contributed by atoms with Crippen LogP contribution in [0.1, 0.15) is 22.8 Å². The molecule has 3 aliphatic heterocycles. The van der Waals surface area contributed by atoms with E-state index in [0.717, 1.165) is 26.4 Å². The van der Waals surface area contributed by atoms with Crippen molar-refractivity contribution in [1.82, 2.24) is 9.88 Å². The first kappa shape index (κ1) is 28.5. The van der Waals surface area contributed by atoms with Gasteiger partial charge in [0.2, 0.25) is 11.8 Å². The number of benzene rings is 2. The maximum absolute atomic E-state index is 14.0. The molecule has 1 N–H and O–H groups in total. The molecular weight excluding hydrogens is 673 g/mol. The maximum Gasteiger partial charge on any atom is 0.305 e. The van der Waals surface area contributed by atoms with Gasteiger partial charge in [-0.1, -0.05) is 27.3 Å². The molecule has 2 aromatic carbocycles. The molecule has 0 radical (unpaired) electrons. The normalized spacial score (nSPS) is 30.4. The quantitative estimate of drug-likeness (QED) is 0.397. The zero-order chi connectivity index (χ0) is 30.3. The Labute approximate surface area is 268 Å². The van der Waals surface area contributed by atoms with Crippen LogP contribution in [-0.4, -0.2) is 65.8 Å². The maximum atomic E-state index is 14.0. The molecule has 9 nitrogen and oxygen atoms in total. The van der Waals surface area contributed by atoms with Crippen molar-refractivity contribution in [3.05, 3.63) is 72.9 Å². The minimum atomic E-state index is -0.487. The smallest absolute Gasteiger partial charge is 0.305 e. The summed E-state index contributed by atoms with van der Waals surface area (Å²) in [6.07, 6.45) is 0.738. The Bertz CT molecular complexity index is 1740. The number of carbonyl (C=O) groups is 3. The lowest BCUT2D eigenvalue weighted by Gasteiger charge is -2.43. The fourth-order valence-corrected chi connectivity index (χ4v) is 11.4. The molecule has 8 rings (SSSR count). The van der Waals surface area contributed by atoms with Crippen LogP contribution in [0.25, 0.3) is 0 Å². The molecule has 3 amide bonds. The topological polar surface area (TPSA) is 109 Å². The summed E-state index contributed by atoms with van der Waals surface area (Å²) in [6.45, 7) is 1.91. The molecule has 3 aromatic rings. The van der Waals surface area contributed by atoms with Crippen LogP contribution in [0.4, 0.5) is 10.1 Å². The molecule has 228 valence electrons. The van der Waals surface area contributed by atoms with Gasteiger partial charge in [0, 0.05) is 39.2 Å². The van der Waals surface area contributed by atoms with Gasteiger partial charge in [-0.05, 0) is 66.6 Å². The van der Waals surface area contributed by atoms with E-state index in [0.29, 0.717) is 37.7 Å². The number of aromatic nitrogens is 1. The fraction of sp³-hybridized carbons (Fsp3) is 0.419. The largest absolute Gasteiger partial charge is 0.483 e. The Morgan fingerprint density at radius 2 is 1.77 bits per heavy atom. The molecule has 0 spiro atoms. The standard InChI is InChI=1S/C31H27BrFN3O6S2/c32-14-1-6-20(42-13-21(37)35-7-9-41-10-8-35)17(11-14)22-23-18-12-19(26(23)43-28-27(22)44-31(40)34-28)25-24(18)29(38)36(30(25)39)16-4-2-15(33)3-5-16/h1-6,11,18-19,22-26H,7-10,12-13H2,(H,34,40)/t18-,19-,22-,23?,24?,25?,26?/m1/s1. The number of nitrogens with zero attached hydrogens (tertiary/aromatic N) is 2. The van der Waals surface area contributed by atoms with E-state index < -0.39 is 17.7 Å². The van der Waals surface area contributed by atoms with Crippen LogP contribution in [0.5, 0.6) is 5.75 Å². The molecular formula is C31H27BrFN3O6S2. The van der Waals surface area contributed by atoms with E-state index in [-0.39, 0.29) is 58.1 Å². The number of halogens is 2. The van der Waals surface area contributed by atoms with Crippen molar-refractivity contribution in [2.45, 2.75) is 22.6 Å². The molecule has 5 aliphatic rings. The molecule has 4 heterocycles. The van der Waals surface area contributed by atoms with Crippen LogP contribution >= 0.6 is 39.0 Å².